The number of hydrogen-bond acceptors (Lipinski definition) is 3. The number of ether oxygens (including phenoxy) is 1. The highest BCUT2D eigenvalue weighted by molar-refractivity contribution is 5.11. The molecule has 0 amide bonds. The minimum Gasteiger partial charge on any atom is -0.389 e. The van der Waals surface area contributed by atoms with E-state index in [9.17, 15) is 5.11 Å². The predicted octanol–water partition coefficient (Wildman–Crippen LogP) is 1.55. The molecular weight excluding hydrogens is 214 g/mol. The van der Waals surface area contributed by atoms with Crippen LogP contribution in [0.5, 0.6) is 0 Å². The van der Waals surface area contributed by atoms with E-state index in [1.807, 2.05) is 0 Å². The summed E-state index contributed by atoms with van der Waals surface area (Å²) in [5.74, 6) is 0.809. The van der Waals surface area contributed by atoms with Crippen LogP contribution in [-0.2, 0) is 4.74 Å². The Morgan fingerprint density at radius 2 is 2.00 bits per heavy atom. The van der Waals surface area contributed by atoms with Gasteiger partial charge in [-0.25, -0.2) is 0 Å². The number of rotatable bonds is 2. The molecule has 0 aromatic carbocycles. The summed E-state index contributed by atoms with van der Waals surface area (Å²) in [6.07, 6.45) is 3.86. The van der Waals surface area contributed by atoms with Gasteiger partial charge in [-0.05, 0) is 36.0 Å². The summed E-state index contributed by atoms with van der Waals surface area (Å²) in [6.45, 7) is 8.67. The second-order valence-corrected chi connectivity index (χ2v) is 7.00. The van der Waals surface area contributed by atoms with Crippen LogP contribution in [0.1, 0.15) is 40.0 Å². The molecule has 1 saturated heterocycles. The first kappa shape index (κ1) is 11.9. The Balaban J connectivity index is 1.74. The van der Waals surface area contributed by atoms with E-state index < -0.39 is 0 Å². The van der Waals surface area contributed by atoms with E-state index in [0.717, 1.165) is 12.5 Å². The van der Waals surface area contributed by atoms with Gasteiger partial charge in [-0.1, -0.05) is 20.8 Å². The van der Waals surface area contributed by atoms with E-state index in [-0.39, 0.29) is 12.2 Å². The summed E-state index contributed by atoms with van der Waals surface area (Å²) in [5, 5.41) is 13.0. The zero-order valence-corrected chi connectivity index (χ0v) is 11.2. The predicted molar refractivity (Wildman–Crippen MR) is 66.8 cm³/mol. The molecule has 3 fully saturated rings. The molecule has 5 atom stereocenters. The lowest BCUT2D eigenvalue weighted by Crippen LogP contribution is -2.41. The molecular formula is C14H25NO2. The van der Waals surface area contributed by atoms with Gasteiger partial charge >= 0.3 is 0 Å². The minimum absolute atomic E-state index is 0.00646. The van der Waals surface area contributed by atoms with Gasteiger partial charge in [0.05, 0.1) is 18.3 Å². The molecule has 3 heteroatoms. The molecule has 3 rings (SSSR count). The summed E-state index contributed by atoms with van der Waals surface area (Å²) in [7, 11) is 0. The van der Waals surface area contributed by atoms with Crippen LogP contribution < -0.4 is 5.32 Å². The lowest BCUT2D eigenvalue weighted by molar-refractivity contribution is -0.108. The van der Waals surface area contributed by atoms with Gasteiger partial charge in [-0.2, -0.15) is 0 Å². The van der Waals surface area contributed by atoms with E-state index >= 15 is 0 Å². The summed E-state index contributed by atoms with van der Waals surface area (Å²) < 4.78 is 6.24. The maximum atomic E-state index is 9.85. The molecule has 0 aromatic rings. The van der Waals surface area contributed by atoms with E-state index in [1.54, 1.807) is 0 Å². The van der Waals surface area contributed by atoms with Gasteiger partial charge in [-0.15, -0.1) is 0 Å². The van der Waals surface area contributed by atoms with E-state index in [2.05, 4.69) is 26.1 Å². The highest BCUT2D eigenvalue weighted by Crippen LogP contribution is 2.66. The first-order chi connectivity index (χ1) is 7.95. The fraction of sp³-hybridized carbons (Fsp3) is 1.00. The highest BCUT2D eigenvalue weighted by atomic mass is 16.5. The lowest BCUT2D eigenvalue weighted by Gasteiger charge is -2.40. The van der Waals surface area contributed by atoms with Crippen LogP contribution in [0.2, 0.25) is 0 Å². The Morgan fingerprint density at radius 3 is 2.47 bits per heavy atom. The summed E-state index contributed by atoms with van der Waals surface area (Å²) >= 11 is 0. The number of aliphatic hydroxyl groups is 1. The summed E-state index contributed by atoms with van der Waals surface area (Å²) in [4.78, 5) is 0. The van der Waals surface area contributed by atoms with Crippen molar-refractivity contribution < 1.29 is 9.84 Å². The van der Waals surface area contributed by atoms with Crippen molar-refractivity contribution in [3.8, 4) is 0 Å². The van der Waals surface area contributed by atoms with Gasteiger partial charge in [-0.3, -0.25) is 0 Å². The van der Waals surface area contributed by atoms with Crippen LogP contribution in [0.15, 0.2) is 0 Å². The Morgan fingerprint density at radius 1 is 1.24 bits per heavy atom. The van der Waals surface area contributed by atoms with Crippen molar-refractivity contribution in [3.63, 3.8) is 0 Å². The van der Waals surface area contributed by atoms with Crippen molar-refractivity contribution in [1.82, 2.24) is 5.32 Å². The monoisotopic (exact) mass is 239 g/mol. The van der Waals surface area contributed by atoms with Crippen molar-refractivity contribution in [3.05, 3.63) is 0 Å². The second-order valence-electron chi connectivity index (χ2n) is 7.00. The zero-order valence-electron chi connectivity index (χ0n) is 11.2. The Kier molecular flexibility index (Phi) is 2.59. The number of β-amino-alcohol motifs (C(OH)–C–C–N with tert-alkyl or cyclic N) is 1. The molecule has 1 aliphatic heterocycles. The van der Waals surface area contributed by atoms with Gasteiger partial charge in [0.25, 0.3) is 0 Å². The Labute approximate surface area is 104 Å². The van der Waals surface area contributed by atoms with Crippen molar-refractivity contribution in [2.45, 2.75) is 58.3 Å². The molecule has 1 heterocycles. The first-order valence-corrected chi connectivity index (χ1v) is 6.99. The van der Waals surface area contributed by atoms with Gasteiger partial charge < -0.3 is 15.2 Å². The maximum absolute atomic E-state index is 9.85. The topological polar surface area (TPSA) is 41.5 Å². The van der Waals surface area contributed by atoms with Crippen LogP contribution in [-0.4, -0.2) is 36.5 Å². The number of hydrogen-bond donors (Lipinski definition) is 2. The van der Waals surface area contributed by atoms with Gasteiger partial charge in [0.1, 0.15) is 0 Å². The third-order valence-corrected chi connectivity index (χ3v) is 6.18. The molecule has 2 saturated carbocycles. The Bertz CT molecular complexity index is 317. The fourth-order valence-corrected chi connectivity index (χ4v) is 4.33. The van der Waals surface area contributed by atoms with Crippen LogP contribution in [0.25, 0.3) is 0 Å². The zero-order chi connectivity index (χ0) is 12.3. The third-order valence-electron chi connectivity index (χ3n) is 6.18. The third kappa shape index (κ3) is 1.52. The number of fused-ring (bicyclic) bond motifs is 2. The van der Waals surface area contributed by atoms with E-state index in [4.69, 9.17) is 4.74 Å². The van der Waals surface area contributed by atoms with Crippen LogP contribution in [0.3, 0.4) is 0 Å². The minimum atomic E-state index is -0.319. The molecule has 0 aromatic heterocycles. The van der Waals surface area contributed by atoms with Crippen molar-refractivity contribution >= 4 is 0 Å². The van der Waals surface area contributed by atoms with Crippen molar-refractivity contribution in [1.29, 1.82) is 0 Å². The smallest absolute Gasteiger partial charge is 0.0974 e. The standard InChI is InChI=1S/C14H25NO2/c1-13(2)9-4-5-14(13,3)12(6-9)17-11-8-15-7-10(11)16/h9-12,15-16H,4-8H2,1-3H3. The molecule has 3 nitrogen and oxygen atoms in total. The van der Waals surface area contributed by atoms with Crippen molar-refractivity contribution in [2.75, 3.05) is 13.1 Å². The molecule has 2 aliphatic carbocycles. The highest BCUT2D eigenvalue weighted by Gasteiger charge is 2.62. The van der Waals surface area contributed by atoms with Crippen LogP contribution in [0.4, 0.5) is 0 Å². The number of nitrogens with one attached hydrogen (secondary N) is 1. The molecule has 2 bridgehead atoms. The molecule has 17 heavy (non-hydrogen) atoms. The summed E-state index contributed by atoms with van der Waals surface area (Å²) in [6, 6.07) is 0. The van der Waals surface area contributed by atoms with Crippen molar-refractivity contribution in [2.24, 2.45) is 16.7 Å². The van der Waals surface area contributed by atoms with E-state index in [0.29, 0.717) is 23.5 Å². The second kappa shape index (κ2) is 3.69. The van der Waals surface area contributed by atoms with Crippen LogP contribution >= 0.6 is 0 Å². The normalized spacial score (nSPS) is 52.2. The van der Waals surface area contributed by atoms with Gasteiger partial charge in [0.15, 0.2) is 0 Å². The SMILES string of the molecule is CC1(C)C2CCC1(C)C(OC1CNCC1O)C2. The lowest BCUT2D eigenvalue weighted by atomic mass is 9.70. The summed E-state index contributed by atoms with van der Waals surface area (Å²) in [5.41, 5.74) is 0.703. The van der Waals surface area contributed by atoms with Gasteiger partial charge in [0, 0.05) is 13.1 Å². The fourth-order valence-electron chi connectivity index (χ4n) is 4.33. The molecule has 2 N–H and O–H groups in total. The van der Waals surface area contributed by atoms with Gasteiger partial charge in [0.2, 0.25) is 0 Å². The molecule has 0 radical (unpaired) electrons. The molecule has 0 spiro atoms. The average Bonchev–Trinajstić information content (AvgIpc) is 2.81. The first-order valence-electron chi connectivity index (χ1n) is 6.99. The molecule has 98 valence electrons. The van der Waals surface area contributed by atoms with Crippen LogP contribution in [0, 0.1) is 16.7 Å². The average molecular weight is 239 g/mol. The molecule has 3 aliphatic rings. The largest absolute Gasteiger partial charge is 0.389 e. The molecule has 5 unspecified atom stereocenters. The van der Waals surface area contributed by atoms with E-state index in [1.165, 1.54) is 19.3 Å². The maximum Gasteiger partial charge on any atom is 0.0974 e. The Hall–Kier alpha value is -0.120. The number of aliphatic hydroxyl groups excluding tert-OH is 1. The quantitative estimate of drug-likeness (QED) is 0.768.